The number of nitrogens with one attached hydrogen (secondary N) is 1. The Balaban J connectivity index is 1.76. The molecule has 1 aromatic heterocycles. The summed E-state index contributed by atoms with van der Waals surface area (Å²) in [6.45, 7) is 3.04. The Hall–Kier alpha value is -1.03. The van der Waals surface area contributed by atoms with E-state index in [1.54, 1.807) is 0 Å². The van der Waals surface area contributed by atoms with Gasteiger partial charge in [-0.2, -0.15) is 0 Å². The van der Waals surface area contributed by atoms with Crippen molar-refractivity contribution >= 4 is 0 Å². The van der Waals surface area contributed by atoms with Crippen molar-refractivity contribution in [1.82, 2.24) is 14.5 Å². The monoisotopic (exact) mass is 207 g/mol. The summed E-state index contributed by atoms with van der Waals surface area (Å²) < 4.78 is 3.76. The summed E-state index contributed by atoms with van der Waals surface area (Å²) in [7, 11) is 0. The maximum Gasteiger partial charge on any atom is 0.328 e. The van der Waals surface area contributed by atoms with Crippen LogP contribution in [0.5, 0.6) is 0 Å². The number of rotatable bonds is 3. The van der Waals surface area contributed by atoms with Crippen LogP contribution in [0, 0.1) is 5.92 Å². The van der Waals surface area contributed by atoms with E-state index in [0.29, 0.717) is 12.0 Å². The fourth-order valence-electron chi connectivity index (χ4n) is 2.35. The van der Waals surface area contributed by atoms with Gasteiger partial charge in [0.15, 0.2) is 0 Å². The molecule has 1 saturated heterocycles. The SMILES string of the molecule is O=c1n(CC2CCNC2)ccn1C1CC1. The van der Waals surface area contributed by atoms with E-state index in [2.05, 4.69) is 5.32 Å². The van der Waals surface area contributed by atoms with Gasteiger partial charge in [0, 0.05) is 25.0 Å². The second kappa shape index (κ2) is 3.52. The summed E-state index contributed by atoms with van der Waals surface area (Å²) in [4.78, 5) is 11.9. The van der Waals surface area contributed by atoms with Gasteiger partial charge < -0.3 is 5.32 Å². The largest absolute Gasteiger partial charge is 0.328 e. The number of nitrogens with zero attached hydrogens (tertiary/aromatic N) is 2. The molecule has 4 nitrogen and oxygen atoms in total. The second-order valence-corrected chi connectivity index (χ2v) is 4.73. The minimum atomic E-state index is 0.185. The minimum absolute atomic E-state index is 0.185. The topological polar surface area (TPSA) is 39.0 Å². The average Bonchev–Trinajstić information content (AvgIpc) is 2.83. The van der Waals surface area contributed by atoms with Crippen molar-refractivity contribution in [2.24, 2.45) is 5.92 Å². The molecule has 2 fully saturated rings. The summed E-state index contributed by atoms with van der Waals surface area (Å²) in [6.07, 6.45) is 7.44. The summed E-state index contributed by atoms with van der Waals surface area (Å²) in [6, 6.07) is 0.500. The summed E-state index contributed by atoms with van der Waals surface area (Å²) in [5.41, 5.74) is 0.185. The van der Waals surface area contributed by atoms with Crippen molar-refractivity contribution in [2.45, 2.75) is 31.8 Å². The molecule has 3 rings (SSSR count). The maximum atomic E-state index is 11.9. The highest BCUT2D eigenvalue weighted by Gasteiger charge is 2.26. The predicted octanol–water partition coefficient (Wildman–Crippen LogP) is 0.594. The fraction of sp³-hybridized carbons (Fsp3) is 0.727. The van der Waals surface area contributed by atoms with E-state index >= 15 is 0 Å². The highest BCUT2D eigenvalue weighted by Crippen LogP contribution is 2.33. The zero-order valence-electron chi connectivity index (χ0n) is 8.85. The lowest BCUT2D eigenvalue weighted by molar-refractivity contribution is 0.466. The van der Waals surface area contributed by atoms with Crippen molar-refractivity contribution in [2.75, 3.05) is 13.1 Å². The Labute approximate surface area is 88.9 Å². The first-order valence-electron chi connectivity index (χ1n) is 5.82. The molecular weight excluding hydrogens is 190 g/mol. The van der Waals surface area contributed by atoms with Gasteiger partial charge in [0.05, 0.1) is 0 Å². The first-order chi connectivity index (χ1) is 7.34. The number of hydrogen-bond acceptors (Lipinski definition) is 2. The predicted molar refractivity (Wildman–Crippen MR) is 57.9 cm³/mol. The van der Waals surface area contributed by atoms with Crippen LogP contribution in [0.2, 0.25) is 0 Å². The van der Waals surface area contributed by atoms with E-state index in [1.807, 2.05) is 21.5 Å². The van der Waals surface area contributed by atoms with Crippen LogP contribution in [0.3, 0.4) is 0 Å². The molecule has 1 aliphatic carbocycles. The third-order valence-electron chi connectivity index (χ3n) is 3.43. The molecule has 1 aromatic rings. The van der Waals surface area contributed by atoms with Crippen LogP contribution >= 0.6 is 0 Å². The average molecular weight is 207 g/mol. The van der Waals surface area contributed by atoms with Gasteiger partial charge in [-0.25, -0.2) is 4.79 Å². The zero-order chi connectivity index (χ0) is 10.3. The molecule has 4 heteroatoms. The highest BCUT2D eigenvalue weighted by molar-refractivity contribution is 4.92. The molecule has 0 spiro atoms. The molecule has 2 heterocycles. The standard InChI is InChI=1S/C11H17N3O/c15-11-13(8-9-3-4-12-7-9)5-6-14(11)10-1-2-10/h5-6,9-10,12H,1-4,7-8H2. The van der Waals surface area contributed by atoms with E-state index in [4.69, 9.17) is 0 Å². The first kappa shape index (κ1) is 9.21. The summed E-state index contributed by atoms with van der Waals surface area (Å²) in [5.74, 6) is 0.637. The maximum absolute atomic E-state index is 11.9. The number of aromatic nitrogens is 2. The van der Waals surface area contributed by atoms with Crippen LogP contribution in [0.15, 0.2) is 17.2 Å². The Morgan fingerprint density at radius 1 is 1.33 bits per heavy atom. The fourth-order valence-corrected chi connectivity index (χ4v) is 2.35. The van der Waals surface area contributed by atoms with Crippen LogP contribution in [0.1, 0.15) is 25.3 Å². The first-order valence-corrected chi connectivity index (χ1v) is 5.82. The minimum Gasteiger partial charge on any atom is -0.316 e. The molecule has 1 unspecified atom stereocenters. The summed E-state index contributed by atoms with van der Waals surface area (Å²) >= 11 is 0. The van der Waals surface area contributed by atoms with Gasteiger partial charge in [-0.3, -0.25) is 9.13 Å². The van der Waals surface area contributed by atoms with Gasteiger partial charge in [-0.05, 0) is 38.3 Å². The van der Waals surface area contributed by atoms with Crippen LogP contribution in [0.25, 0.3) is 0 Å². The third-order valence-corrected chi connectivity index (χ3v) is 3.43. The van der Waals surface area contributed by atoms with Crippen LogP contribution in [0.4, 0.5) is 0 Å². The molecular formula is C11H17N3O. The molecule has 15 heavy (non-hydrogen) atoms. The van der Waals surface area contributed by atoms with Crippen molar-refractivity contribution in [1.29, 1.82) is 0 Å². The number of hydrogen-bond donors (Lipinski definition) is 1. The van der Waals surface area contributed by atoms with Crippen LogP contribution in [-0.4, -0.2) is 22.2 Å². The van der Waals surface area contributed by atoms with E-state index < -0.39 is 0 Å². The molecule has 1 atom stereocenters. The van der Waals surface area contributed by atoms with Gasteiger partial charge in [0.1, 0.15) is 0 Å². The molecule has 0 amide bonds. The van der Waals surface area contributed by atoms with Crippen molar-refractivity contribution in [3.05, 3.63) is 22.9 Å². The second-order valence-electron chi connectivity index (χ2n) is 4.73. The van der Waals surface area contributed by atoms with Gasteiger partial charge in [-0.1, -0.05) is 0 Å². The molecule has 0 aromatic carbocycles. The third kappa shape index (κ3) is 1.74. The lowest BCUT2D eigenvalue weighted by Crippen LogP contribution is -2.26. The van der Waals surface area contributed by atoms with Gasteiger partial charge >= 0.3 is 5.69 Å². The van der Waals surface area contributed by atoms with Crippen LogP contribution in [-0.2, 0) is 6.54 Å². The number of imidazole rings is 1. The molecule has 0 radical (unpaired) electrons. The Bertz CT molecular complexity index is 396. The van der Waals surface area contributed by atoms with Gasteiger partial charge in [-0.15, -0.1) is 0 Å². The molecule has 2 aliphatic rings. The van der Waals surface area contributed by atoms with Crippen molar-refractivity contribution < 1.29 is 0 Å². The zero-order valence-corrected chi connectivity index (χ0v) is 8.85. The lowest BCUT2D eigenvalue weighted by Gasteiger charge is -2.07. The molecule has 1 aliphatic heterocycles. The molecule has 0 bridgehead atoms. The quantitative estimate of drug-likeness (QED) is 0.788. The highest BCUT2D eigenvalue weighted by atomic mass is 16.1. The van der Waals surface area contributed by atoms with Gasteiger partial charge in [0.25, 0.3) is 0 Å². The van der Waals surface area contributed by atoms with Crippen LogP contribution < -0.4 is 11.0 Å². The smallest absolute Gasteiger partial charge is 0.316 e. The van der Waals surface area contributed by atoms with E-state index in [0.717, 1.165) is 19.6 Å². The Morgan fingerprint density at radius 3 is 2.87 bits per heavy atom. The van der Waals surface area contributed by atoms with Crippen molar-refractivity contribution in [3.8, 4) is 0 Å². The Kier molecular flexibility index (Phi) is 2.16. The normalized spacial score (nSPS) is 26.0. The lowest BCUT2D eigenvalue weighted by atomic mass is 10.1. The Morgan fingerprint density at radius 2 is 2.20 bits per heavy atom. The van der Waals surface area contributed by atoms with E-state index in [1.165, 1.54) is 19.3 Å². The van der Waals surface area contributed by atoms with Gasteiger partial charge in [0.2, 0.25) is 0 Å². The summed E-state index contributed by atoms with van der Waals surface area (Å²) in [5, 5.41) is 3.33. The van der Waals surface area contributed by atoms with E-state index in [9.17, 15) is 4.79 Å². The van der Waals surface area contributed by atoms with Crippen molar-refractivity contribution in [3.63, 3.8) is 0 Å². The molecule has 1 N–H and O–H groups in total. The van der Waals surface area contributed by atoms with E-state index in [-0.39, 0.29) is 5.69 Å². The molecule has 82 valence electrons. The molecule has 1 saturated carbocycles.